The van der Waals surface area contributed by atoms with E-state index in [1.807, 2.05) is 13.8 Å². The van der Waals surface area contributed by atoms with Crippen molar-refractivity contribution in [1.82, 2.24) is 5.32 Å². The fraction of sp³-hybridized carbons (Fsp3) is 0.571. The Morgan fingerprint density at radius 2 is 1.76 bits per heavy atom. The van der Waals surface area contributed by atoms with E-state index in [2.05, 4.69) is 10.1 Å². The predicted molar refractivity (Wildman–Crippen MR) is 72.0 cm³/mol. The van der Waals surface area contributed by atoms with Crippen LogP contribution in [0, 0.1) is 0 Å². The molecule has 1 unspecified atom stereocenters. The quantitative estimate of drug-likeness (QED) is 0.748. The molecule has 0 spiro atoms. The molecule has 0 amide bonds. The summed E-state index contributed by atoms with van der Waals surface area (Å²) in [7, 11) is 1.69. The summed E-state index contributed by atoms with van der Waals surface area (Å²) >= 11 is 0. The van der Waals surface area contributed by atoms with E-state index in [1.165, 1.54) is 18.2 Å². The molecule has 0 fully saturated rings. The van der Waals surface area contributed by atoms with Crippen molar-refractivity contribution in [3.63, 3.8) is 0 Å². The van der Waals surface area contributed by atoms with Crippen LogP contribution in [0.1, 0.15) is 25.5 Å². The molecular formula is C14H20F3NO3. The summed E-state index contributed by atoms with van der Waals surface area (Å²) in [6, 6.07) is 5.35. The molecule has 1 N–H and O–H groups in total. The Balaban J connectivity index is 2.96. The topological polar surface area (TPSA) is 39.7 Å². The Kier molecular flexibility index (Phi) is 6.94. The summed E-state index contributed by atoms with van der Waals surface area (Å²) < 4.78 is 51.7. The molecule has 120 valence electrons. The zero-order chi connectivity index (χ0) is 15.9. The summed E-state index contributed by atoms with van der Waals surface area (Å²) in [6.45, 7) is 4.51. The number of halogens is 3. The maximum absolute atomic E-state index is 12.3. The maximum atomic E-state index is 12.3. The van der Waals surface area contributed by atoms with Gasteiger partial charge in [0.15, 0.2) is 6.29 Å². The van der Waals surface area contributed by atoms with Crippen LogP contribution in [-0.2, 0) is 9.47 Å². The first kappa shape index (κ1) is 17.7. The molecule has 0 saturated heterocycles. The second-order valence-corrected chi connectivity index (χ2v) is 4.17. The summed E-state index contributed by atoms with van der Waals surface area (Å²) in [5.41, 5.74) is 0.589. The van der Waals surface area contributed by atoms with Crippen molar-refractivity contribution in [2.45, 2.75) is 32.5 Å². The van der Waals surface area contributed by atoms with E-state index in [0.29, 0.717) is 18.8 Å². The number of nitrogens with one attached hydrogen (secondary N) is 1. The Morgan fingerprint density at radius 3 is 2.24 bits per heavy atom. The molecular weight excluding hydrogens is 287 g/mol. The van der Waals surface area contributed by atoms with Crippen LogP contribution in [-0.4, -0.2) is 32.9 Å². The first-order valence-corrected chi connectivity index (χ1v) is 6.67. The van der Waals surface area contributed by atoms with Gasteiger partial charge >= 0.3 is 6.36 Å². The third-order valence-electron chi connectivity index (χ3n) is 2.70. The molecule has 4 nitrogen and oxygen atoms in total. The van der Waals surface area contributed by atoms with Gasteiger partial charge in [0.2, 0.25) is 0 Å². The van der Waals surface area contributed by atoms with Crippen LogP contribution in [0.25, 0.3) is 0 Å². The summed E-state index contributed by atoms with van der Waals surface area (Å²) in [4.78, 5) is 0. The van der Waals surface area contributed by atoms with Gasteiger partial charge in [0.1, 0.15) is 5.75 Å². The lowest BCUT2D eigenvalue weighted by atomic mass is 10.1. The lowest BCUT2D eigenvalue weighted by molar-refractivity contribution is -0.274. The zero-order valence-electron chi connectivity index (χ0n) is 12.2. The number of alkyl halides is 3. The van der Waals surface area contributed by atoms with Gasteiger partial charge in [-0.05, 0) is 38.6 Å². The Bertz CT molecular complexity index is 420. The highest BCUT2D eigenvalue weighted by Gasteiger charge is 2.31. The van der Waals surface area contributed by atoms with Crippen LogP contribution in [0.15, 0.2) is 24.3 Å². The number of ether oxygens (including phenoxy) is 3. The average Bonchev–Trinajstić information content (AvgIpc) is 2.38. The standard InChI is InChI=1S/C14H20F3NO3/c1-4-19-13(20-5-2)12(18-3)10-7-6-8-11(9-10)21-14(15,16)17/h6-9,12-13,18H,4-5H2,1-3H3. The lowest BCUT2D eigenvalue weighted by Gasteiger charge is -2.27. The van der Waals surface area contributed by atoms with E-state index in [1.54, 1.807) is 13.1 Å². The number of benzene rings is 1. The number of hydrogen-bond acceptors (Lipinski definition) is 4. The van der Waals surface area contributed by atoms with Crippen LogP contribution in [0.5, 0.6) is 5.75 Å². The molecule has 0 aliphatic heterocycles. The fourth-order valence-corrected chi connectivity index (χ4v) is 1.93. The van der Waals surface area contributed by atoms with Crippen molar-refractivity contribution in [3.8, 4) is 5.75 Å². The third kappa shape index (κ3) is 5.91. The molecule has 21 heavy (non-hydrogen) atoms. The zero-order valence-corrected chi connectivity index (χ0v) is 12.2. The first-order valence-electron chi connectivity index (χ1n) is 6.67. The van der Waals surface area contributed by atoms with E-state index in [0.717, 1.165) is 0 Å². The van der Waals surface area contributed by atoms with Crippen molar-refractivity contribution in [2.75, 3.05) is 20.3 Å². The van der Waals surface area contributed by atoms with E-state index in [4.69, 9.17) is 9.47 Å². The Morgan fingerprint density at radius 1 is 1.14 bits per heavy atom. The van der Waals surface area contributed by atoms with Gasteiger partial charge in [-0.2, -0.15) is 0 Å². The van der Waals surface area contributed by atoms with Crippen LogP contribution < -0.4 is 10.1 Å². The van der Waals surface area contributed by atoms with Crippen LogP contribution in [0.4, 0.5) is 13.2 Å². The van der Waals surface area contributed by atoms with Crippen molar-refractivity contribution in [2.24, 2.45) is 0 Å². The molecule has 0 radical (unpaired) electrons. The molecule has 0 heterocycles. The van der Waals surface area contributed by atoms with Gasteiger partial charge in [-0.3, -0.25) is 0 Å². The minimum absolute atomic E-state index is 0.271. The van der Waals surface area contributed by atoms with E-state index < -0.39 is 18.7 Å². The fourth-order valence-electron chi connectivity index (χ4n) is 1.93. The molecule has 1 aromatic carbocycles. The molecule has 7 heteroatoms. The van der Waals surface area contributed by atoms with Gasteiger partial charge in [0, 0.05) is 13.2 Å². The minimum atomic E-state index is -4.72. The molecule has 0 aliphatic carbocycles. The first-order chi connectivity index (χ1) is 9.91. The van der Waals surface area contributed by atoms with Crippen molar-refractivity contribution < 1.29 is 27.4 Å². The molecule has 1 atom stereocenters. The van der Waals surface area contributed by atoms with Gasteiger partial charge in [0.25, 0.3) is 0 Å². The van der Waals surface area contributed by atoms with Gasteiger partial charge < -0.3 is 19.5 Å². The second kappa shape index (κ2) is 8.21. The normalized spacial score (nSPS) is 13.5. The predicted octanol–water partition coefficient (Wildman–Crippen LogP) is 3.24. The molecule has 0 aliphatic rings. The summed E-state index contributed by atoms with van der Waals surface area (Å²) in [6.07, 6.45) is -5.31. The molecule has 0 saturated carbocycles. The van der Waals surface area contributed by atoms with E-state index in [9.17, 15) is 13.2 Å². The van der Waals surface area contributed by atoms with Crippen molar-refractivity contribution in [1.29, 1.82) is 0 Å². The summed E-state index contributed by atoms with van der Waals surface area (Å²) in [5, 5.41) is 2.99. The van der Waals surface area contributed by atoms with Gasteiger partial charge in [0.05, 0.1) is 6.04 Å². The lowest BCUT2D eigenvalue weighted by Crippen LogP contribution is -2.34. The SMILES string of the molecule is CCOC(OCC)C(NC)c1cccc(OC(F)(F)F)c1. The van der Waals surface area contributed by atoms with Crippen LogP contribution in [0.2, 0.25) is 0 Å². The van der Waals surface area contributed by atoms with Crippen LogP contribution in [0.3, 0.4) is 0 Å². The smallest absolute Gasteiger partial charge is 0.406 e. The Hall–Kier alpha value is -1.31. The van der Waals surface area contributed by atoms with Gasteiger partial charge in [-0.15, -0.1) is 13.2 Å². The molecule has 1 aromatic rings. The Labute approximate surface area is 122 Å². The summed E-state index contributed by atoms with van der Waals surface area (Å²) in [5.74, 6) is -0.271. The highest BCUT2D eigenvalue weighted by Crippen LogP contribution is 2.27. The molecule has 1 rings (SSSR count). The number of rotatable bonds is 8. The second-order valence-electron chi connectivity index (χ2n) is 4.17. The van der Waals surface area contributed by atoms with Crippen molar-refractivity contribution in [3.05, 3.63) is 29.8 Å². The molecule has 0 bridgehead atoms. The number of likely N-dealkylation sites (N-methyl/N-ethyl adjacent to an activating group) is 1. The largest absolute Gasteiger partial charge is 0.573 e. The van der Waals surface area contributed by atoms with Gasteiger partial charge in [-0.1, -0.05) is 12.1 Å². The van der Waals surface area contributed by atoms with Crippen LogP contribution >= 0.6 is 0 Å². The maximum Gasteiger partial charge on any atom is 0.573 e. The number of hydrogen-bond donors (Lipinski definition) is 1. The highest BCUT2D eigenvalue weighted by atomic mass is 19.4. The van der Waals surface area contributed by atoms with E-state index >= 15 is 0 Å². The van der Waals surface area contributed by atoms with Crippen molar-refractivity contribution >= 4 is 0 Å². The monoisotopic (exact) mass is 307 g/mol. The highest BCUT2D eigenvalue weighted by molar-refractivity contribution is 5.31. The van der Waals surface area contributed by atoms with E-state index in [-0.39, 0.29) is 5.75 Å². The molecule has 0 aromatic heterocycles. The minimum Gasteiger partial charge on any atom is -0.406 e. The average molecular weight is 307 g/mol. The third-order valence-corrected chi connectivity index (χ3v) is 2.70. The van der Waals surface area contributed by atoms with Gasteiger partial charge in [-0.25, -0.2) is 0 Å².